The van der Waals surface area contributed by atoms with E-state index >= 15 is 0 Å². The molecule has 2 aromatic carbocycles. The van der Waals surface area contributed by atoms with Crippen LogP contribution in [0.3, 0.4) is 0 Å². The maximum atomic E-state index is 11.9. The monoisotopic (exact) mass is 312 g/mol. The lowest BCUT2D eigenvalue weighted by molar-refractivity contribution is 0.404. The first-order valence-corrected chi connectivity index (χ1v) is 7.06. The number of ether oxygens (including phenoxy) is 2. The van der Waals surface area contributed by atoms with Gasteiger partial charge in [0.1, 0.15) is 11.5 Å². The fraction of sp³-hybridized carbons (Fsp3) is 0.176. The molecule has 6 nitrogen and oxygen atoms in total. The Hall–Kier alpha value is -3.02. The maximum Gasteiger partial charge on any atom is 0.328 e. The molecule has 0 atom stereocenters. The van der Waals surface area contributed by atoms with Crippen molar-refractivity contribution < 1.29 is 9.47 Å². The average molecular weight is 312 g/mol. The van der Waals surface area contributed by atoms with Gasteiger partial charge in [0.2, 0.25) is 0 Å². The minimum atomic E-state index is -0.466. The molecule has 3 rings (SSSR count). The highest BCUT2D eigenvalue weighted by atomic mass is 16.5. The highest BCUT2D eigenvalue weighted by molar-refractivity contribution is 5.94. The first-order chi connectivity index (χ1) is 11.1. The molecule has 1 N–H and O–H groups in total. The van der Waals surface area contributed by atoms with Crippen LogP contribution in [0.2, 0.25) is 0 Å². The minimum absolute atomic E-state index is 0.264. The van der Waals surface area contributed by atoms with Gasteiger partial charge in [-0.1, -0.05) is 24.3 Å². The van der Waals surface area contributed by atoms with Crippen LogP contribution in [0, 0.1) is 0 Å². The van der Waals surface area contributed by atoms with Crippen molar-refractivity contribution in [3.8, 4) is 11.5 Å². The van der Waals surface area contributed by atoms with E-state index in [9.17, 15) is 9.59 Å². The van der Waals surface area contributed by atoms with Crippen LogP contribution in [0.5, 0.6) is 11.5 Å². The van der Waals surface area contributed by atoms with E-state index in [1.807, 2.05) is 30.3 Å². The van der Waals surface area contributed by atoms with Crippen LogP contribution in [-0.2, 0) is 6.54 Å². The highest BCUT2D eigenvalue weighted by Gasteiger charge is 2.14. The molecule has 0 radical (unpaired) electrons. The van der Waals surface area contributed by atoms with Crippen molar-refractivity contribution in [1.29, 1.82) is 0 Å². The Balaban J connectivity index is 2.20. The summed E-state index contributed by atoms with van der Waals surface area (Å²) in [4.78, 5) is 25.3. The summed E-state index contributed by atoms with van der Waals surface area (Å²) in [5.74, 6) is 1.38. The summed E-state index contributed by atoms with van der Waals surface area (Å²) in [5, 5.41) is 1.84. The van der Waals surface area contributed by atoms with Gasteiger partial charge in [0.15, 0.2) is 0 Å². The van der Waals surface area contributed by atoms with Gasteiger partial charge >= 0.3 is 5.69 Å². The Labute approximate surface area is 131 Å². The van der Waals surface area contributed by atoms with Gasteiger partial charge in [0, 0.05) is 28.6 Å². The summed E-state index contributed by atoms with van der Waals surface area (Å²) in [5.41, 5.74) is -0.0989. The Morgan fingerprint density at radius 1 is 1.04 bits per heavy atom. The molecule has 118 valence electrons. The normalized spacial score (nSPS) is 10.7. The Kier molecular flexibility index (Phi) is 3.89. The molecule has 0 spiro atoms. The summed E-state index contributed by atoms with van der Waals surface area (Å²) in [6, 6.07) is 10.9. The predicted octanol–water partition coefficient (Wildman–Crippen LogP) is 1.76. The molecule has 0 aliphatic carbocycles. The SMILES string of the molecule is COc1cc(Cn2ccc(=O)[nH]c2=O)c(OC)c2ccccc12. The number of aromatic nitrogens is 2. The molecule has 3 aromatic rings. The van der Waals surface area contributed by atoms with Crippen LogP contribution >= 0.6 is 0 Å². The van der Waals surface area contributed by atoms with Crippen LogP contribution < -0.4 is 20.7 Å². The molecule has 0 fully saturated rings. The second-order valence-electron chi connectivity index (χ2n) is 5.05. The molecule has 6 heteroatoms. The van der Waals surface area contributed by atoms with E-state index < -0.39 is 11.2 Å². The van der Waals surface area contributed by atoms with Crippen molar-refractivity contribution in [2.75, 3.05) is 14.2 Å². The van der Waals surface area contributed by atoms with Crippen molar-refractivity contribution >= 4 is 10.8 Å². The average Bonchev–Trinajstić information content (AvgIpc) is 2.56. The number of hydrogen-bond donors (Lipinski definition) is 1. The lowest BCUT2D eigenvalue weighted by Crippen LogP contribution is -2.29. The lowest BCUT2D eigenvalue weighted by Gasteiger charge is -2.15. The first-order valence-electron chi connectivity index (χ1n) is 7.06. The van der Waals surface area contributed by atoms with E-state index in [4.69, 9.17) is 9.47 Å². The van der Waals surface area contributed by atoms with Gasteiger partial charge in [-0.3, -0.25) is 14.3 Å². The summed E-state index contributed by atoms with van der Waals surface area (Å²) < 4.78 is 12.4. The second-order valence-corrected chi connectivity index (χ2v) is 5.05. The number of benzene rings is 2. The van der Waals surface area contributed by atoms with Crippen molar-refractivity contribution in [3.05, 3.63) is 69.0 Å². The number of aromatic amines is 1. The number of H-pyrrole nitrogens is 1. The molecule has 0 saturated heterocycles. The largest absolute Gasteiger partial charge is 0.496 e. The molecule has 1 heterocycles. The molecule has 0 aliphatic heterocycles. The summed E-state index contributed by atoms with van der Waals surface area (Å²) >= 11 is 0. The number of nitrogens with one attached hydrogen (secondary N) is 1. The molecule has 1 aromatic heterocycles. The number of fused-ring (bicyclic) bond motifs is 1. The van der Waals surface area contributed by atoms with Crippen LogP contribution in [-0.4, -0.2) is 23.8 Å². The topological polar surface area (TPSA) is 73.3 Å². The van der Waals surface area contributed by atoms with E-state index in [0.717, 1.165) is 16.3 Å². The van der Waals surface area contributed by atoms with Crippen molar-refractivity contribution in [3.63, 3.8) is 0 Å². The zero-order chi connectivity index (χ0) is 16.4. The van der Waals surface area contributed by atoms with E-state index in [1.165, 1.54) is 16.8 Å². The smallest absolute Gasteiger partial charge is 0.328 e. The van der Waals surface area contributed by atoms with Crippen molar-refractivity contribution in [1.82, 2.24) is 9.55 Å². The fourth-order valence-corrected chi connectivity index (χ4v) is 2.65. The molecule has 0 aliphatic rings. The third-order valence-corrected chi connectivity index (χ3v) is 3.70. The Morgan fingerprint density at radius 3 is 2.43 bits per heavy atom. The van der Waals surface area contributed by atoms with Crippen molar-refractivity contribution in [2.45, 2.75) is 6.54 Å². The third kappa shape index (κ3) is 2.70. The van der Waals surface area contributed by atoms with Gasteiger partial charge in [0.25, 0.3) is 5.56 Å². The Morgan fingerprint density at radius 2 is 1.78 bits per heavy atom. The van der Waals surface area contributed by atoms with Gasteiger partial charge < -0.3 is 9.47 Å². The van der Waals surface area contributed by atoms with Crippen molar-refractivity contribution in [2.24, 2.45) is 0 Å². The molecular formula is C17H16N2O4. The molecule has 0 unspecified atom stereocenters. The summed E-state index contributed by atoms with van der Waals surface area (Å²) in [7, 11) is 3.19. The zero-order valence-electron chi connectivity index (χ0n) is 12.8. The summed E-state index contributed by atoms with van der Waals surface area (Å²) in [6.07, 6.45) is 1.46. The lowest BCUT2D eigenvalue weighted by atomic mass is 10.0. The quantitative estimate of drug-likeness (QED) is 0.796. The summed E-state index contributed by atoms with van der Waals surface area (Å²) in [6.45, 7) is 0.264. The van der Waals surface area contributed by atoms with E-state index in [1.54, 1.807) is 14.2 Å². The van der Waals surface area contributed by atoms with Crippen LogP contribution in [0.1, 0.15) is 5.56 Å². The minimum Gasteiger partial charge on any atom is -0.496 e. The zero-order valence-corrected chi connectivity index (χ0v) is 12.8. The number of rotatable bonds is 4. The van der Waals surface area contributed by atoms with E-state index in [2.05, 4.69) is 4.98 Å². The molecule has 23 heavy (non-hydrogen) atoms. The Bertz CT molecular complexity index is 972. The van der Waals surface area contributed by atoms with Crippen LogP contribution in [0.4, 0.5) is 0 Å². The maximum absolute atomic E-state index is 11.9. The molecule has 0 amide bonds. The number of hydrogen-bond acceptors (Lipinski definition) is 4. The van der Waals surface area contributed by atoms with Gasteiger partial charge in [-0.2, -0.15) is 0 Å². The fourth-order valence-electron chi connectivity index (χ4n) is 2.65. The first kappa shape index (κ1) is 14.9. The standard InChI is InChI=1S/C17H16N2O4/c1-22-14-9-11(10-19-8-7-15(20)18-17(19)21)16(23-2)13-6-4-3-5-12(13)14/h3-9H,10H2,1-2H3,(H,18,20,21). The van der Waals surface area contributed by atoms with Gasteiger partial charge in [0.05, 0.1) is 20.8 Å². The number of methoxy groups -OCH3 is 2. The van der Waals surface area contributed by atoms with Crippen LogP contribution in [0.25, 0.3) is 10.8 Å². The predicted molar refractivity (Wildman–Crippen MR) is 87.5 cm³/mol. The van der Waals surface area contributed by atoms with Gasteiger partial charge in [-0.15, -0.1) is 0 Å². The van der Waals surface area contributed by atoms with Gasteiger partial charge in [-0.25, -0.2) is 4.79 Å². The number of nitrogens with zero attached hydrogens (tertiary/aromatic N) is 1. The third-order valence-electron chi connectivity index (χ3n) is 3.70. The molecule has 0 bridgehead atoms. The van der Waals surface area contributed by atoms with Crippen LogP contribution in [0.15, 0.2) is 52.2 Å². The van der Waals surface area contributed by atoms with Gasteiger partial charge in [-0.05, 0) is 6.07 Å². The highest BCUT2D eigenvalue weighted by Crippen LogP contribution is 2.36. The van der Waals surface area contributed by atoms with E-state index in [-0.39, 0.29) is 6.54 Å². The molecule has 0 saturated carbocycles. The second kappa shape index (κ2) is 6.00. The molecular weight excluding hydrogens is 296 g/mol. The van der Waals surface area contributed by atoms with E-state index in [0.29, 0.717) is 11.5 Å².